The SMILES string of the molecule is N#Cc1ccc(Oc2cc(Oc3ccc(F)c(C(F)(F)F)c3)ncn2)cc1. The summed E-state index contributed by atoms with van der Waals surface area (Å²) in [6.07, 6.45) is -3.75. The van der Waals surface area contributed by atoms with E-state index >= 15 is 0 Å². The molecule has 0 aliphatic heterocycles. The first-order chi connectivity index (χ1) is 12.8. The number of alkyl halides is 3. The molecule has 2 aromatic carbocycles. The first-order valence-electron chi connectivity index (χ1n) is 7.40. The highest BCUT2D eigenvalue weighted by Gasteiger charge is 2.34. The van der Waals surface area contributed by atoms with Gasteiger partial charge in [-0.2, -0.15) is 18.4 Å². The number of nitrogens with zero attached hydrogens (tertiary/aromatic N) is 3. The number of hydrogen-bond donors (Lipinski definition) is 0. The van der Waals surface area contributed by atoms with Crippen LogP contribution in [0.25, 0.3) is 0 Å². The van der Waals surface area contributed by atoms with Gasteiger partial charge >= 0.3 is 6.18 Å². The van der Waals surface area contributed by atoms with Gasteiger partial charge < -0.3 is 9.47 Å². The summed E-state index contributed by atoms with van der Waals surface area (Å²) in [4.78, 5) is 7.66. The standard InChI is InChI=1S/C18H9F4N3O2/c19-15-6-5-13(7-14(15)18(20,21)22)27-17-8-16(24-10-25-17)26-12-3-1-11(9-23)2-4-12/h1-8,10H. The van der Waals surface area contributed by atoms with Gasteiger partial charge in [0, 0.05) is 0 Å². The minimum absolute atomic E-state index is 0.0721. The monoisotopic (exact) mass is 375 g/mol. The first-order valence-corrected chi connectivity index (χ1v) is 7.40. The summed E-state index contributed by atoms with van der Waals surface area (Å²) in [6.45, 7) is 0. The number of aromatic nitrogens is 2. The lowest BCUT2D eigenvalue weighted by molar-refractivity contribution is -0.140. The van der Waals surface area contributed by atoms with Gasteiger partial charge in [-0.3, -0.25) is 0 Å². The molecule has 0 saturated heterocycles. The van der Waals surface area contributed by atoms with E-state index in [1.165, 1.54) is 6.07 Å². The van der Waals surface area contributed by atoms with Crippen LogP contribution in [0, 0.1) is 17.1 Å². The van der Waals surface area contributed by atoms with Crippen LogP contribution in [0.1, 0.15) is 11.1 Å². The third-order valence-corrected chi connectivity index (χ3v) is 3.29. The van der Waals surface area contributed by atoms with E-state index in [1.807, 2.05) is 6.07 Å². The van der Waals surface area contributed by atoms with E-state index in [2.05, 4.69) is 9.97 Å². The van der Waals surface area contributed by atoms with Crippen LogP contribution in [-0.2, 0) is 6.18 Å². The van der Waals surface area contributed by atoms with E-state index in [1.54, 1.807) is 24.3 Å². The molecule has 0 aliphatic rings. The van der Waals surface area contributed by atoms with E-state index in [0.717, 1.165) is 12.4 Å². The van der Waals surface area contributed by atoms with Gasteiger partial charge in [0.25, 0.3) is 0 Å². The normalized spacial score (nSPS) is 10.9. The fourth-order valence-electron chi connectivity index (χ4n) is 2.06. The number of halogens is 4. The second-order valence-electron chi connectivity index (χ2n) is 5.17. The lowest BCUT2D eigenvalue weighted by Crippen LogP contribution is -2.08. The first kappa shape index (κ1) is 18.1. The smallest absolute Gasteiger partial charge is 0.419 e. The number of benzene rings is 2. The van der Waals surface area contributed by atoms with Crippen molar-refractivity contribution < 1.29 is 27.0 Å². The lowest BCUT2D eigenvalue weighted by atomic mass is 10.2. The van der Waals surface area contributed by atoms with Crippen molar-refractivity contribution >= 4 is 0 Å². The maximum atomic E-state index is 13.3. The number of ether oxygens (including phenoxy) is 2. The molecular formula is C18H9F4N3O2. The maximum absolute atomic E-state index is 13.3. The Hall–Kier alpha value is -3.67. The molecule has 0 radical (unpaired) electrons. The lowest BCUT2D eigenvalue weighted by Gasteiger charge is -2.11. The molecule has 3 rings (SSSR count). The van der Waals surface area contributed by atoms with Gasteiger partial charge in [0.1, 0.15) is 23.6 Å². The van der Waals surface area contributed by atoms with Gasteiger partial charge in [-0.15, -0.1) is 0 Å². The molecule has 1 aromatic heterocycles. The number of hydrogen-bond acceptors (Lipinski definition) is 5. The number of rotatable bonds is 4. The molecule has 136 valence electrons. The van der Waals surface area contributed by atoms with Crippen LogP contribution in [0.15, 0.2) is 54.9 Å². The predicted molar refractivity (Wildman–Crippen MR) is 84.7 cm³/mol. The molecule has 0 amide bonds. The zero-order valence-corrected chi connectivity index (χ0v) is 13.4. The van der Waals surface area contributed by atoms with Crippen LogP contribution >= 0.6 is 0 Å². The molecule has 0 atom stereocenters. The highest BCUT2D eigenvalue weighted by Crippen LogP contribution is 2.34. The Morgan fingerprint density at radius 2 is 1.44 bits per heavy atom. The minimum atomic E-state index is -4.85. The van der Waals surface area contributed by atoms with E-state index in [4.69, 9.17) is 14.7 Å². The topological polar surface area (TPSA) is 68.0 Å². The quantitative estimate of drug-likeness (QED) is 0.594. The Morgan fingerprint density at radius 1 is 0.852 bits per heavy atom. The van der Waals surface area contributed by atoms with Gasteiger partial charge in [0.05, 0.1) is 23.3 Å². The number of nitriles is 1. The van der Waals surface area contributed by atoms with E-state index < -0.39 is 17.6 Å². The molecule has 0 saturated carbocycles. The van der Waals surface area contributed by atoms with Gasteiger partial charge in [-0.1, -0.05) is 0 Å². The average Bonchev–Trinajstić information content (AvgIpc) is 2.63. The van der Waals surface area contributed by atoms with Gasteiger partial charge in [-0.05, 0) is 42.5 Å². The summed E-state index contributed by atoms with van der Waals surface area (Å²) in [5.41, 5.74) is -0.992. The zero-order valence-electron chi connectivity index (χ0n) is 13.4. The molecule has 0 spiro atoms. The van der Waals surface area contributed by atoms with Gasteiger partial charge in [-0.25, -0.2) is 14.4 Å². The van der Waals surface area contributed by atoms with E-state index in [0.29, 0.717) is 23.4 Å². The molecular weight excluding hydrogens is 366 g/mol. The molecule has 9 heteroatoms. The Balaban J connectivity index is 1.79. The maximum Gasteiger partial charge on any atom is 0.419 e. The summed E-state index contributed by atoms with van der Waals surface area (Å²) >= 11 is 0. The summed E-state index contributed by atoms with van der Waals surface area (Å²) in [6, 6.07) is 11.7. The molecule has 1 heterocycles. The molecule has 0 aliphatic carbocycles. The Labute approximate surface area is 150 Å². The average molecular weight is 375 g/mol. The fourth-order valence-corrected chi connectivity index (χ4v) is 2.06. The summed E-state index contributed by atoms with van der Waals surface area (Å²) in [5, 5.41) is 8.76. The van der Waals surface area contributed by atoms with Gasteiger partial charge in [0.2, 0.25) is 11.8 Å². The molecule has 0 unspecified atom stereocenters. The van der Waals surface area contributed by atoms with Gasteiger partial charge in [0.15, 0.2) is 0 Å². The van der Waals surface area contributed by atoms with Crippen molar-refractivity contribution in [2.75, 3.05) is 0 Å². The molecule has 0 bridgehead atoms. The van der Waals surface area contributed by atoms with E-state index in [-0.39, 0.29) is 17.5 Å². The molecule has 3 aromatic rings. The summed E-state index contributed by atoms with van der Waals surface area (Å²) in [7, 11) is 0. The van der Waals surface area contributed by atoms with Crippen molar-refractivity contribution in [1.29, 1.82) is 5.26 Å². The highest BCUT2D eigenvalue weighted by atomic mass is 19.4. The second-order valence-corrected chi connectivity index (χ2v) is 5.17. The third kappa shape index (κ3) is 4.49. The molecule has 27 heavy (non-hydrogen) atoms. The Morgan fingerprint density at radius 3 is 2.04 bits per heavy atom. The summed E-state index contributed by atoms with van der Waals surface area (Å²) < 4.78 is 62.3. The van der Waals surface area contributed by atoms with Crippen molar-refractivity contribution in [3.63, 3.8) is 0 Å². The van der Waals surface area contributed by atoms with Crippen LogP contribution in [-0.4, -0.2) is 9.97 Å². The fraction of sp³-hybridized carbons (Fsp3) is 0.0556. The van der Waals surface area contributed by atoms with Crippen molar-refractivity contribution in [3.05, 3.63) is 71.8 Å². The highest BCUT2D eigenvalue weighted by molar-refractivity contribution is 5.37. The van der Waals surface area contributed by atoms with Crippen molar-refractivity contribution in [1.82, 2.24) is 9.97 Å². The zero-order chi connectivity index (χ0) is 19.4. The van der Waals surface area contributed by atoms with Crippen LogP contribution < -0.4 is 9.47 Å². The van der Waals surface area contributed by atoms with Crippen molar-refractivity contribution in [2.24, 2.45) is 0 Å². The van der Waals surface area contributed by atoms with Crippen molar-refractivity contribution in [2.45, 2.75) is 6.18 Å². The Kier molecular flexibility index (Phi) is 4.90. The van der Waals surface area contributed by atoms with Crippen LogP contribution in [0.5, 0.6) is 23.3 Å². The van der Waals surface area contributed by atoms with Crippen LogP contribution in [0.2, 0.25) is 0 Å². The molecule has 5 nitrogen and oxygen atoms in total. The van der Waals surface area contributed by atoms with Crippen LogP contribution in [0.3, 0.4) is 0 Å². The largest absolute Gasteiger partial charge is 0.439 e. The van der Waals surface area contributed by atoms with Crippen LogP contribution in [0.4, 0.5) is 17.6 Å². The second kappa shape index (κ2) is 7.29. The predicted octanol–water partition coefficient (Wildman–Crippen LogP) is 5.09. The summed E-state index contributed by atoms with van der Waals surface area (Å²) in [5.74, 6) is -1.27. The third-order valence-electron chi connectivity index (χ3n) is 3.29. The Bertz CT molecular complexity index is 999. The molecule has 0 N–H and O–H groups in total. The van der Waals surface area contributed by atoms with E-state index in [9.17, 15) is 17.6 Å². The minimum Gasteiger partial charge on any atom is -0.439 e. The van der Waals surface area contributed by atoms with Crippen molar-refractivity contribution in [3.8, 4) is 29.3 Å². The molecule has 0 fully saturated rings.